The van der Waals surface area contributed by atoms with Gasteiger partial charge in [0.25, 0.3) is 0 Å². The van der Waals surface area contributed by atoms with E-state index in [0.717, 1.165) is 24.4 Å². The topological polar surface area (TPSA) is 69.6 Å². The Balaban J connectivity index is 2.25. The van der Waals surface area contributed by atoms with E-state index in [-0.39, 0.29) is 0 Å². The maximum atomic E-state index is 5.47. The highest BCUT2D eigenvalue weighted by Crippen LogP contribution is 2.14. The second kappa shape index (κ2) is 4.65. The minimum Gasteiger partial charge on any atom is -0.330 e. The lowest BCUT2D eigenvalue weighted by Gasteiger charge is -2.04. The SMILES string of the molecule is NCCCn1cnnc1-c1ccncc1. The third-order valence-corrected chi connectivity index (χ3v) is 2.16. The van der Waals surface area contributed by atoms with Crippen LogP contribution in [0.3, 0.4) is 0 Å². The molecule has 0 aliphatic carbocycles. The number of hydrogen-bond acceptors (Lipinski definition) is 4. The van der Waals surface area contributed by atoms with E-state index in [9.17, 15) is 0 Å². The molecule has 2 aromatic heterocycles. The molecule has 5 heteroatoms. The Morgan fingerprint density at radius 1 is 1.27 bits per heavy atom. The fourth-order valence-electron chi connectivity index (χ4n) is 1.40. The number of rotatable bonds is 4. The van der Waals surface area contributed by atoms with E-state index in [2.05, 4.69) is 15.2 Å². The summed E-state index contributed by atoms with van der Waals surface area (Å²) in [5.74, 6) is 0.867. The average molecular weight is 203 g/mol. The quantitative estimate of drug-likeness (QED) is 0.793. The van der Waals surface area contributed by atoms with Gasteiger partial charge in [-0.3, -0.25) is 4.98 Å². The van der Waals surface area contributed by atoms with Crippen LogP contribution < -0.4 is 5.73 Å². The first-order chi connectivity index (χ1) is 7.42. The summed E-state index contributed by atoms with van der Waals surface area (Å²) < 4.78 is 2.00. The molecule has 0 radical (unpaired) electrons. The van der Waals surface area contributed by atoms with Crippen molar-refractivity contribution in [3.63, 3.8) is 0 Å². The third-order valence-electron chi connectivity index (χ3n) is 2.16. The number of aryl methyl sites for hydroxylation is 1. The van der Waals surface area contributed by atoms with Crippen molar-refractivity contribution >= 4 is 0 Å². The van der Waals surface area contributed by atoms with Gasteiger partial charge in [-0.1, -0.05) is 0 Å². The molecule has 0 bridgehead atoms. The van der Waals surface area contributed by atoms with Gasteiger partial charge in [0, 0.05) is 24.5 Å². The summed E-state index contributed by atoms with van der Waals surface area (Å²) in [5.41, 5.74) is 6.50. The zero-order valence-electron chi connectivity index (χ0n) is 8.37. The number of aromatic nitrogens is 4. The molecule has 0 amide bonds. The standard InChI is InChI=1S/C10H13N5/c11-4-1-7-15-8-13-14-10(15)9-2-5-12-6-3-9/h2-3,5-6,8H,1,4,7,11H2. The van der Waals surface area contributed by atoms with Crippen LogP contribution in [0.4, 0.5) is 0 Å². The number of pyridine rings is 1. The fourth-order valence-corrected chi connectivity index (χ4v) is 1.40. The number of nitrogens with two attached hydrogens (primary N) is 1. The van der Waals surface area contributed by atoms with Crippen LogP contribution in [0.15, 0.2) is 30.9 Å². The van der Waals surface area contributed by atoms with Gasteiger partial charge in [-0.2, -0.15) is 0 Å². The summed E-state index contributed by atoms with van der Waals surface area (Å²) >= 11 is 0. The molecular formula is C10H13N5. The monoisotopic (exact) mass is 203 g/mol. The van der Waals surface area contributed by atoms with Gasteiger partial charge in [-0.05, 0) is 25.1 Å². The maximum Gasteiger partial charge on any atom is 0.163 e. The zero-order valence-corrected chi connectivity index (χ0v) is 8.37. The smallest absolute Gasteiger partial charge is 0.163 e. The molecule has 78 valence electrons. The Labute approximate surface area is 88.0 Å². The van der Waals surface area contributed by atoms with E-state index in [1.165, 1.54) is 0 Å². The lowest BCUT2D eigenvalue weighted by molar-refractivity contribution is 0.654. The second-order valence-corrected chi connectivity index (χ2v) is 3.23. The van der Waals surface area contributed by atoms with Crippen molar-refractivity contribution in [3.05, 3.63) is 30.9 Å². The molecule has 2 rings (SSSR count). The summed E-state index contributed by atoms with van der Waals surface area (Å²) in [5, 5.41) is 7.99. The lowest BCUT2D eigenvalue weighted by atomic mass is 10.2. The number of hydrogen-bond donors (Lipinski definition) is 1. The minimum atomic E-state index is 0.675. The van der Waals surface area contributed by atoms with Crippen molar-refractivity contribution in [2.24, 2.45) is 5.73 Å². The van der Waals surface area contributed by atoms with Crippen LogP contribution in [0, 0.1) is 0 Å². The molecule has 0 spiro atoms. The van der Waals surface area contributed by atoms with Crippen molar-refractivity contribution in [2.45, 2.75) is 13.0 Å². The van der Waals surface area contributed by atoms with Gasteiger partial charge in [-0.25, -0.2) is 0 Å². The third kappa shape index (κ3) is 2.19. The molecule has 0 aliphatic rings. The molecule has 5 nitrogen and oxygen atoms in total. The van der Waals surface area contributed by atoms with Crippen molar-refractivity contribution in [3.8, 4) is 11.4 Å². The normalized spacial score (nSPS) is 10.5. The Kier molecular flexibility index (Phi) is 3.04. The van der Waals surface area contributed by atoms with Gasteiger partial charge in [0.1, 0.15) is 6.33 Å². The Morgan fingerprint density at radius 3 is 2.80 bits per heavy atom. The molecule has 2 N–H and O–H groups in total. The van der Waals surface area contributed by atoms with Gasteiger partial charge in [0.05, 0.1) is 0 Å². The molecule has 0 saturated carbocycles. The first-order valence-electron chi connectivity index (χ1n) is 4.90. The fraction of sp³-hybridized carbons (Fsp3) is 0.300. The largest absolute Gasteiger partial charge is 0.330 e. The van der Waals surface area contributed by atoms with E-state index >= 15 is 0 Å². The molecule has 0 saturated heterocycles. The average Bonchev–Trinajstić information content (AvgIpc) is 2.75. The second-order valence-electron chi connectivity index (χ2n) is 3.23. The summed E-state index contributed by atoms with van der Waals surface area (Å²) in [6.45, 7) is 1.52. The van der Waals surface area contributed by atoms with Crippen LogP contribution in [0.1, 0.15) is 6.42 Å². The lowest BCUT2D eigenvalue weighted by Crippen LogP contribution is -2.06. The summed E-state index contributed by atoms with van der Waals surface area (Å²) in [6, 6.07) is 3.84. The predicted octanol–water partition coefficient (Wildman–Crippen LogP) is 0.689. The van der Waals surface area contributed by atoms with Crippen molar-refractivity contribution < 1.29 is 0 Å². The molecule has 0 aromatic carbocycles. The van der Waals surface area contributed by atoms with Gasteiger partial charge >= 0.3 is 0 Å². The predicted molar refractivity (Wildman–Crippen MR) is 56.9 cm³/mol. The summed E-state index contributed by atoms with van der Waals surface area (Å²) in [6.07, 6.45) is 6.15. The van der Waals surface area contributed by atoms with E-state index < -0.39 is 0 Å². The van der Waals surface area contributed by atoms with Gasteiger partial charge in [-0.15, -0.1) is 10.2 Å². The molecule has 0 fully saturated rings. The van der Waals surface area contributed by atoms with E-state index in [4.69, 9.17) is 5.73 Å². The number of nitrogens with zero attached hydrogens (tertiary/aromatic N) is 4. The molecule has 2 heterocycles. The Bertz CT molecular complexity index is 409. The summed E-state index contributed by atoms with van der Waals surface area (Å²) in [7, 11) is 0. The van der Waals surface area contributed by atoms with E-state index in [1.54, 1.807) is 18.7 Å². The van der Waals surface area contributed by atoms with Gasteiger partial charge < -0.3 is 10.3 Å². The first kappa shape index (κ1) is 9.79. The van der Waals surface area contributed by atoms with E-state index in [1.807, 2.05) is 16.7 Å². The van der Waals surface area contributed by atoms with Crippen LogP contribution >= 0.6 is 0 Å². The molecule has 2 aromatic rings. The van der Waals surface area contributed by atoms with Crippen molar-refractivity contribution in [2.75, 3.05) is 6.54 Å². The molecule has 0 aliphatic heterocycles. The van der Waals surface area contributed by atoms with Crippen LogP contribution in [0.2, 0.25) is 0 Å². The van der Waals surface area contributed by atoms with Gasteiger partial charge in [0.2, 0.25) is 0 Å². The molecule has 15 heavy (non-hydrogen) atoms. The Hall–Kier alpha value is -1.75. The van der Waals surface area contributed by atoms with Crippen LogP contribution in [-0.4, -0.2) is 26.3 Å². The van der Waals surface area contributed by atoms with Crippen LogP contribution in [0.5, 0.6) is 0 Å². The Morgan fingerprint density at radius 2 is 2.07 bits per heavy atom. The highest BCUT2D eigenvalue weighted by atomic mass is 15.3. The van der Waals surface area contributed by atoms with Crippen molar-refractivity contribution in [1.82, 2.24) is 19.7 Å². The molecule has 0 unspecified atom stereocenters. The molecule has 0 atom stereocenters. The van der Waals surface area contributed by atoms with Crippen LogP contribution in [0.25, 0.3) is 11.4 Å². The van der Waals surface area contributed by atoms with Crippen molar-refractivity contribution in [1.29, 1.82) is 0 Å². The highest BCUT2D eigenvalue weighted by molar-refractivity contribution is 5.53. The molecular weight excluding hydrogens is 190 g/mol. The maximum absolute atomic E-state index is 5.47. The van der Waals surface area contributed by atoms with Crippen LogP contribution in [-0.2, 0) is 6.54 Å². The highest BCUT2D eigenvalue weighted by Gasteiger charge is 2.05. The van der Waals surface area contributed by atoms with E-state index in [0.29, 0.717) is 6.54 Å². The zero-order chi connectivity index (χ0) is 10.5. The minimum absolute atomic E-state index is 0.675. The summed E-state index contributed by atoms with van der Waals surface area (Å²) in [4.78, 5) is 3.97. The van der Waals surface area contributed by atoms with Gasteiger partial charge in [0.15, 0.2) is 5.82 Å². The first-order valence-corrected chi connectivity index (χ1v) is 4.90.